The number of para-hydroxylation sites is 1. The Morgan fingerprint density at radius 1 is 1.41 bits per heavy atom. The summed E-state index contributed by atoms with van der Waals surface area (Å²) in [4.78, 5) is 11.5. The van der Waals surface area contributed by atoms with Gasteiger partial charge in [0.2, 0.25) is 5.91 Å². The molecular weight excluding hydrogens is 216 g/mol. The topological polar surface area (TPSA) is 64.4 Å². The van der Waals surface area contributed by atoms with Gasteiger partial charge in [-0.2, -0.15) is 0 Å². The maximum absolute atomic E-state index is 11.5. The van der Waals surface area contributed by atoms with Crippen LogP contribution in [0.5, 0.6) is 5.75 Å². The summed E-state index contributed by atoms with van der Waals surface area (Å²) in [5, 5.41) is 2.75. The van der Waals surface area contributed by atoms with Crippen LogP contribution < -0.4 is 15.8 Å². The minimum atomic E-state index is -0.406. The summed E-state index contributed by atoms with van der Waals surface area (Å²) >= 11 is 0. The number of carbonyl (C=O) groups is 1. The van der Waals surface area contributed by atoms with Gasteiger partial charge in [-0.25, -0.2) is 0 Å². The molecule has 0 aromatic heterocycles. The molecule has 0 aliphatic rings. The zero-order chi connectivity index (χ0) is 12.5. The van der Waals surface area contributed by atoms with E-state index >= 15 is 0 Å². The van der Waals surface area contributed by atoms with E-state index in [1.54, 1.807) is 0 Å². The molecule has 0 radical (unpaired) electrons. The molecule has 4 heteroatoms. The molecule has 1 aromatic carbocycles. The van der Waals surface area contributed by atoms with Crippen LogP contribution in [0.2, 0.25) is 0 Å². The minimum absolute atomic E-state index is 0.108. The van der Waals surface area contributed by atoms with Crippen LogP contribution in [0.25, 0.3) is 0 Å². The van der Waals surface area contributed by atoms with Gasteiger partial charge in [-0.05, 0) is 18.6 Å². The fraction of sp³-hybridized carbons (Fsp3) is 0.462. The summed E-state index contributed by atoms with van der Waals surface area (Å²) in [5.74, 6) is 0.697. The smallest absolute Gasteiger partial charge is 0.237 e. The van der Waals surface area contributed by atoms with Crippen molar-refractivity contribution in [2.75, 3.05) is 13.2 Å². The fourth-order valence-corrected chi connectivity index (χ4v) is 1.43. The van der Waals surface area contributed by atoms with Crippen molar-refractivity contribution in [1.29, 1.82) is 0 Å². The molecule has 17 heavy (non-hydrogen) atoms. The molecule has 0 heterocycles. The Morgan fingerprint density at radius 2 is 2.12 bits per heavy atom. The van der Waals surface area contributed by atoms with Gasteiger partial charge in [-0.15, -0.1) is 0 Å². The predicted molar refractivity (Wildman–Crippen MR) is 67.8 cm³/mol. The van der Waals surface area contributed by atoms with Crippen LogP contribution in [0.1, 0.15) is 19.8 Å². The summed E-state index contributed by atoms with van der Waals surface area (Å²) in [6.07, 6.45) is 1.63. The highest BCUT2D eigenvalue weighted by Crippen LogP contribution is 2.07. The highest BCUT2D eigenvalue weighted by atomic mass is 16.5. The highest BCUT2D eigenvalue weighted by molar-refractivity contribution is 5.81. The van der Waals surface area contributed by atoms with E-state index < -0.39 is 6.04 Å². The van der Waals surface area contributed by atoms with E-state index in [4.69, 9.17) is 10.5 Å². The second-order valence-corrected chi connectivity index (χ2v) is 3.85. The molecule has 1 amide bonds. The van der Waals surface area contributed by atoms with Gasteiger partial charge in [0.1, 0.15) is 12.4 Å². The molecule has 4 nitrogen and oxygen atoms in total. The maximum atomic E-state index is 11.5. The zero-order valence-electron chi connectivity index (χ0n) is 10.2. The van der Waals surface area contributed by atoms with Crippen LogP contribution in [0, 0.1) is 0 Å². The van der Waals surface area contributed by atoms with Crippen molar-refractivity contribution >= 4 is 5.91 Å². The second kappa shape index (κ2) is 7.68. The van der Waals surface area contributed by atoms with Crippen LogP contribution in [0.3, 0.4) is 0 Å². The van der Waals surface area contributed by atoms with Crippen molar-refractivity contribution < 1.29 is 9.53 Å². The van der Waals surface area contributed by atoms with Crippen molar-refractivity contribution in [3.8, 4) is 5.75 Å². The molecule has 1 rings (SSSR count). The van der Waals surface area contributed by atoms with E-state index in [0.717, 1.165) is 12.2 Å². The molecular formula is C13H20N2O2. The number of hydrogen-bond acceptors (Lipinski definition) is 3. The van der Waals surface area contributed by atoms with Crippen LogP contribution >= 0.6 is 0 Å². The van der Waals surface area contributed by atoms with E-state index in [9.17, 15) is 4.79 Å². The van der Waals surface area contributed by atoms with Crippen molar-refractivity contribution in [3.05, 3.63) is 30.3 Å². The Kier molecular flexibility index (Phi) is 6.10. The SMILES string of the molecule is CCCC(N)C(=O)NCCOc1ccccc1. The highest BCUT2D eigenvalue weighted by Gasteiger charge is 2.10. The van der Waals surface area contributed by atoms with Crippen molar-refractivity contribution in [1.82, 2.24) is 5.32 Å². The average molecular weight is 236 g/mol. The molecule has 0 aliphatic carbocycles. The first-order valence-corrected chi connectivity index (χ1v) is 5.95. The van der Waals surface area contributed by atoms with Gasteiger partial charge >= 0.3 is 0 Å². The Morgan fingerprint density at radius 3 is 2.76 bits per heavy atom. The lowest BCUT2D eigenvalue weighted by Gasteiger charge is -2.11. The van der Waals surface area contributed by atoms with Gasteiger partial charge < -0.3 is 15.8 Å². The predicted octanol–water partition coefficient (Wildman–Crippen LogP) is 1.31. The third-order valence-electron chi connectivity index (χ3n) is 2.35. The molecule has 1 atom stereocenters. The number of amides is 1. The lowest BCUT2D eigenvalue weighted by atomic mass is 10.2. The number of carbonyl (C=O) groups excluding carboxylic acids is 1. The largest absolute Gasteiger partial charge is 0.492 e. The molecule has 0 saturated carbocycles. The molecule has 0 aliphatic heterocycles. The van der Waals surface area contributed by atoms with E-state index in [1.807, 2.05) is 37.3 Å². The van der Waals surface area contributed by atoms with Gasteiger partial charge in [-0.3, -0.25) is 4.79 Å². The molecule has 94 valence electrons. The Bertz CT molecular complexity index is 327. The fourth-order valence-electron chi connectivity index (χ4n) is 1.43. The van der Waals surface area contributed by atoms with Crippen molar-refractivity contribution in [3.63, 3.8) is 0 Å². The lowest BCUT2D eigenvalue weighted by molar-refractivity contribution is -0.122. The summed E-state index contributed by atoms with van der Waals surface area (Å²) < 4.78 is 5.44. The molecule has 0 saturated heterocycles. The van der Waals surface area contributed by atoms with E-state index in [1.165, 1.54) is 0 Å². The number of benzene rings is 1. The maximum Gasteiger partial charge on any atom is 0.237 e. The van der Waals surface area contributed by atoms with E-state index in [0.29, 0.717) is 19.6 Å². The number of nitrogens with one attached hydrogen (secondary N) is 1. The minimum Gasteiger partial charge on any atom is -0.492 e. The first kappa shape index (κ1) is 13.5. The van der Waals surface area contributed by atoms with Crippen LogP contribution in [-0.4, -0.2) is 25.1 Å². The Balaban J connectivity index is 2.14. The average Bonchev–Trinajstić information content (AvgIpc) is 2.36. The van der Waals surface area contributed by atoms with Crippen LogP contribution in [0.15, 0.2) is 30.3 Å². The van der Waals surface area contributed by atoms with Crippen molar-refractivity contribution in [2.24, 2.45) is 5.73 Å². The normalized spacial score (nSPS) is 11.9. The molecule has 1 aromatic rings. The third-order valence-corrected chi connectivity index (χ3v) is 2.35. The molecule has 0 fully saturated rings. The monoisotopic (exact) mass is 236 g/mol. The third kappa shape index (κ3) is 5.36. The standard InChI is InChI=1S/C13H20N2O2/c1-2-6-12(14)13(16)15-9-10-17-11-7-4-3-5-8-11/h3-5,7-8,12H,2,6,9-10,14H2,1H3,(H,15,16). The summed E-state index contributed by atoms with van der Waals surface area (Å²) in [6, 6.07) is 9.10. The van der Waals surface area contributed by atoms with Crippen LogP contribution in [-0.2, 0) is 4.79 Å². The molecule has 0 bridgehead atoms. The summed E-state index contributed by atoms with van der Waals surface area (Å²) in [6.45, 7) is 2.94. The number of rotatable bonds is 7. The van der Waals surface area contributed by atoms with Gasteiger partial charge in [0, 0.05) is 0 Å². The number of hydrogen-bond donors (Lipinski definition) is 2. The molecule has 1 unspecified atom stereocenters. The van der Waals surface area contributed by atoms with Gasteiger partial charge in [0.15, 0.2) is 0 Å². The van der Waals surface area contributed by atoms with E-state index in [2.05, 4.69) is 5.32 Å². The van der Waals surface area contributed by atoms with Crippen LogP contribution in [0.4, 0.5) is 0 Å². The van der Waals surface area contributed by atoms with Gasteiger partial charge in [0.05, 0.1) is 12.6 Å². The summed E-state index contributed by atoms with van der Waals surface area (Å²) in [5.41, 5.74) is 5.67. The second-order valence-electron chi connectivity index (χ2n) is 3.85. The molecule has 3 N–H and O–H groups in total. The quantitative estimate of drug-likeness (QED) is 0.702. The lowest BCUT2D eigenvalue weighted by Crippen LogP contribution is -2.41. The molecule has 0 spiro atoms. The Labute approximate surface area is 102 Å². The van der Waals surface area contributed by atoms with E-state index in [-0.39, 0.29) is 5.91 Å². The first-order chi connectivity index (χ1) is 8.24. The number of ether oxygens (including phenoxy) is 1. The Hall–Kier alpha value is -1.55. The number of nitrogens with two attached hydrogens (primary N) is 1. The summed E-state index contributed by atoms with van der Waals surface area (Å²) in [7, 11) is 0. The first-order valence-electron chi connectivity index (χ1n) is 5.95. The zero-order valence-corrected chi connectivity index (χ0v) is 10.2. The van der Waals surface area contributed by atoms with Crippen molar-refractivity contribution in [2.45, 2.75) is 25.8 Å². The van der Waals surface area contributed by atoms with Gasteiger partial charge in [0.25, 0.3) is 0 Å². The van der Waals surface area contributed by atoms with Gasteiger partial charge in [-0.1, -0.05) is 31.5 Å².